The first-order chi connectivity index (χ1) is 9.63. The number of rotatable bonds is 5. The Morgan fingerprint density at radius 1 is 1.10 bits per heavy atom. The van der Waals surface area contributed by atoms with Crippen LogP contribution >= 0.6 is 0 Å². The molecule has 0 aromatic heterocycles. The number of carbonyl (C=O) groups is 1. The van der Waals surface area contributed by atoms with Crippen molar-refractivity contribution >= 4 is 12.0 Å². The molecular weight excluding hydrogens is 259 g/mol. The molecule has 0 aliphatic carbocycles. The molecule has 0 saturated heterocycles. The zero-order valence-corrected chi connectivity index (χ0v) is 10.6. The van der Waals surface area contributed by atoms with Crippen LogP contribution in [0.5, 0.6) is 5.75 Å². The molecule has 1 N–H and O–H groups in total. The van der Waals surface area contributed by atoms with Crippen molar-refractivity contribution in [2.75, 3.05) is 0 Å². The van der Waals surface area contributed by atoms with Crippen LogP contribution < -0.4 is 4.74 Å². The normalized spacial score (nSPS) is 10.7. The number of ether oxygens (including phenoxy) is 1. The molecule has 0 saturated carbocycles. The van der Waals surface area contributed by atoms with E-state index in [1.54, 1.807) is 36.4 Å². The van der Waals surface area contributed by atoms with Gasteiger partial charge in [-0.05, 0) is 41.5 Å². The van der Waals surface area contributed by atoms with Gasteiger partial charge in [-0.1, -0.05) is 24.3 Å². The summed E-state index contributed by atoms with van der Waals surface area (Å²) in [6, 6.07) is 13.1. The number of benzene rings is 2. The van der Waals surface area contributed by atoms with E-state index in [1.165, 1.54) is 18.2 Å². The van der Waals surface area contributed by atoms with Gasteiger partial charge in [0, 0.05) is 6.08 Å². The van der Waals surface area contributed by atoms with Crippen LogP contribution in [0.15, 0.2) is 54.6 Å². The molecule has 2 aromatic rings. The predicted octanol–water partition coefficient (Wildman–Crippen LogP) is 3.50. The number of hydrogen-bond acceptors (Lipinski definition) is 2. The van der Waals surface area contributed by atoms with Crippen LogP contribution in [0.3, 0.4) is 0 Å². The lowest BCUT2D eigenvalue weighted by molar-refractivity contribution is -0.131. The van der Waals surface area contributed by atoms with Gasteiger partial charge in [-0.3, -0.25) is 0 Å². The van der Waals surface area contributed by atoms with Crippen molar-refractivity contribution in [2.24, 2.45) is 0 Å². The van der Waals surface area contributed by atoms with E-state index in [0.29, 0.717) is 12.4 Å². The van der Waals surface area contributed by atoms with E-state index >= 15 is 0 Å². The Morgan fingerprint density at radius 2 is 1.75 bits per heavy atom. The van der Waals surface area contributed by atoms with Crippen LogP contribution in [0.2, 0.25) is 0 Å². The SMILES string of the molecule is O=C(O)/C=C\c1ccc(OCc2ccc(F)cc2)cc1. The third kappa shape index (κ3) is 4.24. The number of carboxylic acid groups (broad SMARTS) is 1. The highest BCUT2D eigenvalue weighted by Crippen LogP contribution is 2.15. The lowest BCUT2D eigenvalue weighted by atomic mass is 10.2. The number of carboxylic acids is 1. The van der Waals surface area contributed by atoms with E-state index in [0.717, 1.165) is 17.2 Å². The van der Waals surface area contributed by atoms with Crippen LogP contribution in [0, 0.1) is 5.82 Å². The topological polar surface area (TPSA) is 46.5 Å². The van der Waals surface area contributed by atoms with Gasteiger partial charge < -0.3 is 9.84 Å². The summed E-state index contributed by atoms with van der Waals surface area (Å²) in [5.41, 5.74) is 1.66. The molecule has 0 amide bonds. The van der Waals surface area contributed by atoms with Gasteiger partial charge in [0.1, 0.15) is 18.2 Å². The van der Waals surface area contributed by atoms with Crippen molar-refractivity contribution in [3.05, 3.63) is 71.6 Å². The summed E-state index contributed by atoms with van der Waals surface area (Å²) in [6.07, 6.45) is 2.58. The minimum Gasteiger partial charge on any atom is -0.489 e. The minimum absolute atomic E-state index is 0.275. The summed E-state index contributed by atoms with van der Waals surface area (Å²) in [4.78, 5) is 10.4. The lowest BCUT2D eigenvalue weighted by Crippen LogP contribution is -1.95. The van der Waals surface area contributed by atoms with Crippen LogP contribution in [0.4, 0.5) is 4.39 Å². The molecule has 0 heterocycles. The fourth-order valence-electron chi connectivity index (χ4n) is 1.59. The highest BCUT2D eigenvalue weighted by molar-refractivity contribution is 5.85. The molecule has 0 fully saturated rings. The van der Waals surface area contributed by atoms with Crippen molar-refractivity contribution in [3.63, 3.8) is 0 Å². The van der Waals surface area contributed by atoms with Gasteiger partial charge in [-0.25, -0.2) is 9.18 Å². The monoisotopic (exact) mass is 272 g/mol. The zero-order chi connectivity index (χ0) is 14.4. The molecule has 0 aliphatic heterocycles. The van der Waals surface area contributed by atoms with E-state index < -0.39 is 5.97 Å². The molecule has 20 heavy (non-hydrogen) atoms. The molecular formula is C16H13FO3. The largest absolute Gasteiger partial charge is 0.489 e. The Hall–Kier alpha value is -2.62. The maximum Gasteiger partial charge on any atom is 0.328 e. The van der Waals surface area contributed by atoms with Crippen LogP contribution in [0.25, 0.3) is 6.08 Å². The Labute approximate surface area is 115 Å². The number of hydrogen-bond donors (Lipinski definition) is 1. The van der Waals surface area contributed by atoms with Crippen molar-refractivity contribution in [2.45, 2.75) is 6.61 Å². The van der Waals surface area contributed by atoms with Gasteiger partial charge in [0.15, 0.2) is 0 Å². The zero-order valence-electron chi connectivity index (χ0n) is 10.6. The third-order valence-corrected chi connectivity index (χ3v) is 2.62. The second-order valence-corrected chi connectivity index (χ2v) is 4.16. The van der Waals surface area contributed by atoms with Crippen molar-refractivity contribution in [1.29, 1.82) is 0 Å². The van der Waals surface area contributed by atoms with E-state index in [-0.39, 0.29) is 5.82 Å². The first kappa shape index (κ1) is 13.8. The first-order valence-electron chi connectivity index (χ1n) is 6.02. The number of halogens is 1. The fourth-order valence-corrected chi connectivity index (χ4v) is 1.59. The van der Waals surface area contributed by atoms with E-state index in [2.05, 4.69) is 0 Å². The summed E-state index contributed by atoms with van der Waals surface area (Å²) in [7, 11) is 0. The molecule has 0 atom stereocenters. The Balaban J connectivity index is 1.93. The van der Waals surface area contributed by atoms with E-state index in [9.17, 15) is 9.18 Å². The molecule has 4 heteroatoms. The molecule has 0 spiro atoms. The van der Waals surface area contributed by atoms with Crippen LogP contribution in [-0.4, -0.2) is 11.1 Å². The van der Waals surface area contributed by atoms with Gasteiger partial charge >= 0.3 is 5.97 Å². The van der Waals surface area contributed by atoms with Crippen molar-refractivity contribution < 1.29 is 19.0 Å². The van der Waals surface area contributed by atoms with Crippen molar-refractivity contribution in [1.82, 2.24) is 0 Å². The molecule has 2 rings (SSSR count). The highest BCUT2D eigenvalue weighted by Gasteiger charge is 1.97. The highest BCUT2D eigenvalue weighted by atomic mass is 19.1. The quantitative estimate of drug-likeness (QED) is 0.847. The third-order valence-electron chi connectivity index (χ3n) is 2.62. The summed E-state index contributed by atoms with van der Waals surface area (Å²) >= 11 is 0. The van der Waals surface area contributed by atoms with Gasteiger partial charge in [0.05, 0.1) is 0 Å². The molecule has 2 aromatic carbocycles. The summed E-state index contributed by atoms with van der Waals surface area (Å²) in [5, 5.41) is 8.52. The molecule has 3 nitrogen and oxygen atoms in total. The number of aliphatic carboxylic acids is 1. The fraction of sp³-hybridized carbons (Fsp3) is 0.0625. The van der Waals surface area contributed by atoms with Crippen molar-refractivity contribution in [3.8, 4) is 5.75 Å². The van der Waals surface area contributed by atoms with Gasteiger partial charge in [-0.2, -0.15) is 0 Å². The summed E-state index contributed by atoms with van der Waals surface area (Å²) in [6.45, 7) is 0.352. The predicted molar refractivity (Wildman–Crippen MR) is 73.8 cm³/mol. The Kier molecular flexibility index (Phi) is 4.50. The minimum atomic E-state index is -0.985. The maximum atomic E-state index is 12.7. The van der Waals surface area contributed by atoms with Crippen LogP contribution in [-0.2, 0) is 11.4 Å². The molecule has 0 bridgehead atoms. The molecule has 0 unspecified atom stereocenters. The Bertz CT molecular complexity index is 601. The first-order valence-corrected chi connectivity index (χ1v) is 6.02. The second-order valence-electron chi connectivity index (χ2n) is 4.16. The summed E-state index contributed by atoms with van der Waals surface area (Å²) in [5.74, 6) is -0.591. The van der Waals surface area contributed by atoms with Gasteiger partial charge in [0.2, 0.25) is 0 Å². The maximum absolute atomic E-state index is 12.7. The van der Waals surface area contributed by atoms with E-state index in [4.69, 9.17) is 9.84 Å². The van der Waals surface area contributed by atoms with Crippen LogP contribution in [0.1, 0.15) is 11.1 Å². The van der Waals surface area contributed by atoms with E-state index in [1.807, 2.05) is 0 Å². The average molecular weight is 272 g/mol. The smallest absolute Gasteiger partial charge is 0.328 e. The van der Waals surface area contributed by atoms with Gasteiger partial charge in [-0.15, -0.1) is 0 Å². The average Bonchev–Trinajstić information content (AvgIpc) is 2.45. The molecule has 102 valence electrons. The van der Waals surface area contributed by atoms with Gasteiger partial charge in [0.25, 0.3) is 0 Å². The Morgan fingerprint density at radius 3 is 2.35 bits per heavy atom. The second kappa shape index (κ2) is 6.52. The lowest BCUT2D eigenvalue weighted by Gasteiger charge is -2.06. The standard InChI is InChI=1S/C16H13FO3/c17-14-6-1-13(2-7-14)11-20-15-8-3-12(4-9-15)5-10-16(18)19/h1-10H,11H2,(H,18,19)/b10-5-. The molecule has 0 radical (unpaired) electrons. The molecule has 0 aliphatic rings. The summed E-state index contributed by atoms with van der Waals surface area (Å²) < 4.78 is 18.3.